The van der Waals surface area contributed by atoms with Gasteiger partial charge in [-0.25, -0.2) is 0 Å². The van der Waals surface area contributed by atoms with Gasteiger partial charge in [0, 0.05) is 23.6 Å². The summed E-state index contributed by atoms with van der Waals surface area (Å²) in [7, 11) is 0. The summed E-state index contributed by atoms with van der Waals surface area (Å²) in [4.78, 5) is 30.8. The van der Waals surface area contributed by atoms with Crippen LogP contribution < -0.4 is 10.9 Å². The van der Waals surface area contributed by atoms with Crippen molar-refractivity contribution in [2.24, 2.45) is 0 Å². The lowest BCUT2D eigenvalue weighted by atomic mass is 9.99. The molecule has 1 unspecified atom stereocenters. The summed E-state index contributed by atoms with van der Waals surface area (Å²) < 4.78 is 0. The van der Waals surface area contributed by atoms with E-state index in [0.717, 1.165) is 11.1 Å². The minimum atomic E-state index is -0.450. The number of pyridine rings is 2. The van der Waals surface area contributed by atoms with Crippen molar-refractivity contribution in [3.8, 4) is 0 Å². The largest absolute Gasteiger partial charge is 0.341 e. The summed E-state index contributed by atoms with van der Waals surface area (Å²) in [5.41, 5.74) is 1.34. The predicted octanol–water partition coefficient (Wildman–Crippen LogP) is 2.94. The molecule has 2 aromatic heterocycles. The SMILES string of the molecule is O=C(NC(c1ccncc1)c1ccc(Cl)cc1)c1ccc[nH]c1=O. The molecule has 0 radical (unpaired) electrons. The Balaban J connectivity index is 1.96. The van der Waals surface area contributed by atoms with E-state index in [-0.39, 0.29) is 5.56 Å². The zero-order valence-corrected chi connectivity index (χ0v) is 13.3. The Kier molecular flexibility index (Phi) is 4.72. The summed E-state index contributed by atoms with van der Waals surface area (Å²) in [6.45, 7) is 0. The fourth-order valence-electron chi connectivity index (χ4n) is 2.38. The molecule has 0 fully saturated rings. The van der Waals surface area contributed by atoms with Crippen LogP contribution in [0.15, 0.2) is 71.9 Å². The summed E-state index contributed by atoms with van der Waals surface area (Å²) in [5.74, 6) is -0.450. The van der Waals surface area contributed by atoms with Gasteiger partial charge in [0.15, 0.2) is 0 Å². The molecular formula is C18H14ClN3O2. The Hall–Kier alpha value is -2.92. The van der Waals surface area contributed by atoms with E-state index in [9.17, 15) is 9.59 Å². The van der Waals surface area contributed by atoms with Crippen molar-refractivity contribution in [3.05, 3.63) is 99.2 Å². The fourth-order valence-corrected chi connectivity index (χ4v) is 2.51. The van der Waals surface area contributed by atoms with Crippen LogP contribution in [0.3, 0.4) is 0 Å². The number of aromatic amines is 1. The van der Waals surface area contributed by atoms with E-state index < -0.39 is 17.5 Å². The van der Waals surface area contributed by atoms with E-state index in [1.54, 1.807) is 30.6 Å². The molecular weight excluding hydrogens is 326 g/mol. The highest BCUT2D eigenvalue weighted by molar-refractivity contribution is 6.30. The summed E-state index contributed by atoms with van der Waals surface area (Å²) >= 11 is 5.94. The van der Waals surface area contributed by atoms with Crippen LogP contribution in [-0.2, 0) is 0 Å². The molecule has 1 amide bonds. The van der Waals surface area contributed by atoms with Crippen LogP contribution in [-0.4, -0.2) is 15.9 Å². The topological polar surface area (TPSA) is 74.8 Å². The first-order valence-corrected chi connectivity index (χ1v) is 7.67. The second-order valence-corrected chi connectivity index (χ2v) is 5.59. The zero-order valence-electron chi connectivity index (χ0n) is 12.6. The number of benzene rings is 1. The molecule has 0 saturated carbocycles. The standard InChI is InChI=1S/C18H14ClN3O2/c19-14-5-3-12(4-6-14)16(13-7-10-20-11-8-13)22-18(24)15-2-1-9-21-17(15)23/h1-11,16H,(H,21,23)(H,22,24). The maximum absolute atomic E-state index is 12.5. The van der Waals surface area contributed by atoms with Crippen LogP contribution in [0, 0.1) is 0 Å². The number of aromatic nitrogens is 2. The van der Waals surface area contributed by atoms with E-state index >= 15 is 0 Å². The zero-order chi connectivity index (χ0) is 16.9. The van der Waals surface area contributed by atoms with Gasteiger partial charge in [-0.2, -0.15) is 0 Å². The number of amides is 1. The van der Waals surface area contributed by atoms with E-state index in [1.807, 2.05) is 24.3 Å². The van der Waals surface area contributed by atoms with Crippen molar-refractivity contribution >= 4 is 17.5 Å². The third-order valence-corrected chi connectivity index (χ3v) is 3.83. The molecule has 0 aliphatic carbocycles. The van der Waals surface area contributed by atoms with E-state index in [1.165, 1.54) is 12.3 Å². The number of carbonyl (C=O) groups is 1. The van der Waals surface area contributed by atoms with Gasteiger partial charge in [-0.05, 0) is 47.5 Å². The molecule has 3 rings (SSSR count). The lowest BCUT2D eigenvalue weighted by Crippen LogP contribution is -2.33. The van der Waals surface area contributed by atoms with Crippen LogP contribution in [0.4, 0.5) is 0 Å². The van der Waals surface area contributed by atoms with Gasteiger partial charge >= 0.3 is 0 Å². The Morgan fingerprint density at radius 2 is 1.71 bits per heavy atom. The first kappa shape index (κ1) is 16.0. The molecule has 1 atom stereocenters. The highest BCUT2D eigenvalue weighted by atomic mass is 35.5. The number of carbonyl (C=O) groups excluding carboxylic acids is 1. The molecule has 5 nitrogen and oxygen atoms in total. The molecule has 0 spiro atoms. The Morgan fingerprint density at radius 1 is 1.04 bits per heavy atom. The Morgan fingerprint density at radius 3 is 2.38 bits per heavy atom. The summed E-state index contributed by atoms with van der Waals surface area (Å²) in [6, 6.07) is 13.5. The number of nitrogens with zero attached hydrogens (tertiary/aromatic N) is 1. The molecule has 2 heterocycles. The fraction of sp³-hybridized carbons (Fsp3) is 0.0556. The highest BCUT2D eigenvalue weighted by Crippen LogP contribution is 2.23. The first-order chi connectivity index (χ1) is 11.6. The van der Waals surface area contributed by atoms with Gasteiger partial charge < -0.3 is 10.3 Å². The van der Waals surface area contributed by atoms with Gasteiger partial charge in [-0.15, -0.1) is 0 Å². The van der Waals surface area contributed by atoms with Crippen molar-refractivity contribution in [2.45, 2.75) is 6.04 Å². The average molecular weight is 340 g/mol. The van der Waals surface area contributed by atoms with Gasteiger partial charge in [0.1, 0.15) is 5.56 Å². The molecule has 1 aromatic carbocycles. The van der Waals surface area contributed by atoms with Crippen LogP contribution in [0.1, 0.15) is 27.5 Å². The lowest BCUT2D eigenvalue weighted by Gasteiger charge is -2.19. The summed E-state index contributed by atoms with van der Waals surface area (Å²) in [5, 5.41) is 3.51. The average Bonchev–Trinajstić information content (AvgIpc) is 2.61. The molecule has 0 saturated heterocycles. The third kappa shape index (κ3) is 3.52. The Labute approximate surface area is 143 Å². The molecule has 2 N–H and O–H groups in total. The number of H-pyrrole nitrogens is 1. The summed E-state index contributed by atoms with van der Waals surface area (Å²) in [6.07, 6.45) is 4.79. The molecule has 0 aliphatic heterocycles. The van der Waals surface area contributed by atoms with Gasteiger partial charge in [0.2, 0.25) is 0 Å². The van der Waals surface area contributed by atoms with Gasteiger partial charge in [0.25, 0.3) is 11.5 Å². The monoisotopic (exact) mass is 339 g/mol. The first-order valence-electron chi connectivity index (χ1n) is 7.29. The highest BCUT2D eigenvalue weighted by Gasteiger charge is 2.19. The number of nitrogens with one attached hydrogen (secondary N) is 2. The molecule has 120 valence electrons. The van der Waals surface area contributed by atoms with E-state index in [0.29, 0.717) is 5.02 Å². The molecule has 0 bridgehead atoms. The van der Waals surface area contributed by atoms with Gasteiger partial charge in [-0.1, -0.05) is 23.7 Å². The van der Waals surface area contributed by atoms with Gasteiger partial charge in [-0.3, -0.25) is 14.6 Å². The third-order valence-electron chi connectivity index (χ3n) is 3.58. The van der Waals surface area contributed by atoms with E-state index in [2.05, 4.69) is 15.3 Å². The minimum Gasteiger partial charge on any atom is -0.341 e. The number of hydrogen-bond donors (Lipinski definition) is 2. The number of hydrogen-bond acceptors (Lipinski definition) is 3. The predicted molar refractivity (Wildman–Crippen MR) is 92.1 cm³/mol. The van der Waals surface area contributed by atoms with Crippen LogP contribution in [0.2, 0.25) is 5.02 Å². The van der Waals surface area contributed by atoms with Crippen molar-refractivity contribution < 1.29 is 4.79 Å². The maximum Gasteiger partial charge on any atom is 0.260 e. The molecule has 24 heavy (non-hydrogen) atoms. The molecule has 3 aromatic rings. The molecule has 0 aliphatic rings. The Bertz CT molecular complexity index is 892. The second kappa shape index (κ2) is 7.10. The minimum absolute atomic E-state index is 0.0607. The van der Waals surface area contributed by atoms with Crippen molar-refractivity contribution in [2.75, 3.05) is 0 Å². The smallest absolute Gasteiger partial charge is 0.260 e. The van der Waals surface area contributed by atoms with Crippen molar-refractivity contribution in [1.29, 1.82) is 0 Å². The lowest BCUT2D eigenvalue weighted by molar-refractivity contribution is 0.0941. The van der Waals surface area contributed by atoms with Crippen LogP contribution in [0.5, 0.6) is 0 Å². The number of rotatable bonds is 4. The van der Waals surface area contributed by atoms with E-state index in [4.69, 9.17) is 11.6 Å². The molecule has 6 heteroatoms. The van der Waals surface area contributed by atoms with Crippen molar-refractivity contribution in [1.82, 2.24) is 15.3 Å². The van der Waals surface area contributed by atoms with Gasteiger partial charge in [0.05, 0.1) is 6.04 Å². The maximum atomic E-state index is 12.5. The second-order valence-electron chi connectivity index (χ2n) is 5.15. The van der Waals surface area contributed by atoms with Crippen LogP contribution in [0.25, 0.3) is 0 Å². The van der Waals surface area contributed by atoms with Crippen LogP contribution >= 0.6 is 11.6 Å². The normalized spacial score (nSPS) is 11.7. The quantitative estimate of drug-likeness (QED) is 0.767. The number of halogens is 1. The van der Waals surface area contributed by atoms with Crippen molar-refractivity contribution in [3.63, 3.8) is 0 Å².